The van der Waals surface area contributed by atoms with E-state index in [1.54, 1.807) is 43.3 Å². The first-order valence-electron chi connectivity index (χ1n) is 14.0. The van der Waals surface area contributed by atoms with Gasteiger partial charge in [0.1, 0.15) is 18.3 Å². The van der Waals surface area contributed by atoms with Crippen molar-refractivity contribution in [3.63, 3.8) is 0 Å². The molecule has 0 radical (unpaired) electrons. The SMILES string of the molecule is CCOc1ccccc1N(CC(=O)N(CCc1ccccc1)C(C)C(=O)NC(C)CC)S(=O)(=O)c1ccc(C)cc1. The number of nitrogens with one attached hydrogen (secondary N) is 1. The minimum absolute atomic E-state index is 0.0561. The van der Waals surface area contributed by atoms with Crippen molar-refractivity contribution in [2.45, 2.75) is 64.4 Å². The predicted molar refractivity (Wildman–Crippen MR) is 163 cm³/mol. The topological polar surface area (TPSA) is 96.0 Å². The molecule has 2 unspecified atom stereocenters. The zero-order valence-corrected chi connectivity index (χ0v) is 25.4. The third-order valence-electron chi connectivity index (χ3n) is 6.97. The Morgan fingerprint density at radius 3 is 2.17 bits per heavy atom. The summed E-state index contributed by atoms with van der Waals surface area (Å²) < 4.78 is 34.9. The summed E-state index contributed by atoms with van der Waals surface area (Å²) in [5, 5.41) is 2.95. The van der Waals surface area contributed by atoms with Crippen molar-refractivity contribution >= 4 is 27.5 Å². The van der Waals surface area contributed by atoms with Crippen LogP contribution in [0.3, 0.4) is 0 Å². The minimum Gasteiger partial charge on any atom is -0.492 e. The van der Waals surface area contributed by atoms with Gasteiger partial charge in [0.25, 0.3) is 10.0 Å². The molecule has 0 aromatic heterocycles. The fourth-order valence-corrected chi connectivity index (χ4v) is 5.75. The number of aryl methyl sites for hydroxylation is 1. The minimum atomic E-state index is -4.17. The van der Waals surface area contributed by atoms with E-state index < -0.39 is 28.5 Å². The molecule has 3 rings (SSSR count). The zero-order chi connectivity index (χ0) is 30.0. The molecule has 0 saturated heterocycles. The molecule has 0 aliphatic rings. The number of anilines is 1. The van der Waals surface area contributed by atoms with Gasteiger partial charge in [0.05, 0.1) is 17.2 Å². The standard InChI is InChI=1S/C32H41N3O5S/c1-6-25(4)33-32(37)26(5)34(22-21-27-13-9-8-10-14-27)31(36)23-35(29-15-11-12-16-30(29)40-7-2)41(38,39)28-19-17-24(3)18-20-28/h8-20,25-26H,6-7,21-23H2,1-5H3,(H,33,37). The lowest BCUT2D eigenvalue weighted by molar-refractivity contribution is -0.139. The summed E-state index contributed by atoms with van der Waals surface area (Å²) in [5.41, 5.74) is 2.17. The van der Waals surface area contributed by atoms with E-state index in [9.17, 15) is 18.0 Å². The quantitative estimate of drug-likeness (QED) is 0.291. The van der Waals surface area contributed by atoms with E-state index in [0.29, 0.717) is 18.8 Å². The normalized spacial score (nSPS) is 12.7. The molecule has 3 aromatic rings. The summed E-state index contributed by atoms with van der Waals surface area (Å²) in [6.45, 7) is 9.29. The molecule has 0 bridgehead atoms. The highest BCUT2D eigenvalue weighted by Crippen LogP contribution is 2.33. The Bertz CT molecular complexity index is 1390. The van der Waals surface area contributed by atoms with E-state index in [2.05, 4.69) is 5.32 Å². The van der Waals surface area contributed by atoms with Gasteiger partial charge in [0.15, 0.2) is 0 Å². The molecule has 0 saturated carbocycles. The van der Waals surface area contributed by atoms with E-state index in [4.69, 9.17) is 4.74 Å². The van der Waals surface area contributed by atoms with Crippen molar-refractivity contribution in [3.05, 3.63) is 90.0 Å². The van der Waals surface area contributed by atoms with E-state index in [1.807, 2.05) is 58.0 Å². The average Bonchev–Trinajstić information content (AvgIpc) is 2.97. The second kappa shape index (κ2) is 14.7. The second-order valence-corrected chi connectivity index (χ2v) is 11.9. The molecule has 220 valence electrons. The summed E-state index contributed by atoms with van der Waals surface area (Å²) in [6.07, 6.45) is 1.25. The first kappa shape index (κ1) is 31.7. The summed E-state index contributed by atoms with van der Waals surface area (Å²) in [4.78, 5) is 28.7. The summed E-state index contributed by atoms with van der Waals surface area (Å²) in [7, 11) is -4.17. The Kier molecular flexibility index (Phi) is 11.3. The van der Waals surface area contributed by atoms with Crippen LogP contribution in [0.2, 0.25) is 0 Å². The third-order valence-corrected chi connectivity index (χ3v) is 8.75. The molecule has 3 aromatic carbocycles. The molecule has 8 nitrogen and oxygen atoms in total. The molecule has 2 atom stereocenters. The maximum atomic E-state index is 14.0. The van der Waals surface area contributed by atoms with Crippen molar-refractivity contribution in [3.8, 4) is 5.75 Å². The van der Waals surface area contributed by atoms with Crippen LogP contribution in [-0.2, 0) is 26.0 Å². The van der Waals surface area contributed by atoms with Crippen molar-refractivity contribution in [1.82, 2.24) is 10.2 Å². The maximum Gasteiger partial charge on any atom is 0.264 e. The number of nitrogens with zero attached hydrogens (tertiary/aromatic N) is 2. The van der Waals surface area contributed by atoms with Gasteiger partial charge in [-0.15, -0.1) is 0 Å². The fraction of sp³-hybridized carbons (Fsp3) is 0.375. The van der Waals surface area contributed by atoms with Gasteiger partial charge in [-0.3, -0.25) is 13.9 Å². The summed E-state index contributed by atoms with van der Waals surface area (Å²) in [6, 6.07) is 22.0. The van der Waals surface area contributed by atoms with Gasteiger partial charge < -0.3 is 15.0 Å². The van der Waals surface area contributed by atoms with E-state index in [0.717, 1.165) is 21.9 Å². The summed E-state index contributed by atoms with van der Waals surface area (Å²) >= 11 is 0. The molecule has 41 heavy (non-hydrogen) atoms. The highest BCUT2D eigenvalue weighted by molar-refractivity contribution is 7.92. The third kappa shape index (κ3) is 8.33. The van der Waals surface area contributed by atoms with Crippen LogP contribution in [0.4, 0.5) is 5.69 Å². The molecule has 0 aliphatic carbocycles. The van der Waals surface area contributed by atoms with Crippen molar-refractivity contribution in [2.75, 3.05) is 24.0 Å². The average molecular weight is 580 g/mol. The van der Waals surface area contributed by atoms with Crippen LogP contribution >= 0.6 is 0 Å². The zero-order valence-electron chi connectivity index (χ0n) is 24.5. The Morgan fingerprint density at radius 2 is 1.54 bits per heavy atom. The number of hydrogen-bond donors (Lipinski definition) is 1. The molecule has 9 heteroatoms. The number of sulfonamides is 1. The number of hydrogen-bond acceptors (Lipinski definition) is 5. The Balaban J connectivity index is 2.02. The van der Waals surface area contributed by atoms with Crippen LogP contribution < -0.4 is 14.4 Å². The lowest BCUT2D eigenvalue weighted by Gasteiger charge is -2.33. The van der Waals surface area contributed by atoms with Gasteiger partial charge in [-0.2, -0.15) is 0 Å². The molecular formula is C32H41N3O5S. The van der Waals surface area contributed by atoms with Gasteiger partial charge in [-0.1, -0.05) is 67.1 Å². The molecule has 1 N–H and O–H groups in total. The number of amides is 2. The monoisotopic (exact) mass is 579 g/mol. The first-order valence-corrected chi connectivity index (χ1v) is 15.5. The number of ether oxygens (including phenoxy) is 1. The van der Waals surface area contributed by atoms with Crippen LogP contribution in [0.15, 0.2) is 83.8 Å². The Labute approximate surface area is 244 Å². The molecular weight excluding hydrogens is 538 g/mol. The van der Waals surface area contributed by atoms with Crippen LogP contribution in [-0.4, -0.2) is 56.9 Å². The lowest BCUT2D eigenvalue weighted by atomic mass is 10.1. The number of carbonyl (C=O) groups is 2. The van der Waals surface area contributed by atoms with Gasteiger partial charge in [0, 0.05) is 12.6 Å². The smallest absolute Gasteiger partial charge is 0.264 e. The highest BCUT2D eigenvalue weighted by Gasteiger charge is 2.33. The summed E-state index contributed by atoms with van der Waals surface area (Å²) in [5.74, 6) is -0.435. The van der Waals surface area contributed by atoms with Crippen LogP contribution in [0.5, 0.6) is 5.75 Å². The molecule has 0 aliphatic heterocycles. The number of para-hydroxylation sites is 2. The van der Waals surface area contributed by atoms with Gasteiger partial charge in [0.2, 0.25) is 11.8 Å². The van der Waals surface area contributed by atoms with Gasteiger partial charge in [-0.05, 0) is 70.4 Å². The van der Waals surface area contributed by atoms with Crippen molar-refractivity contribution < 1.29 is 22.7 Å². The molecule has 2 amide bonds. The number of rotatable bonds is 14. The molecule has 0 heterocycles. The molecule has 0 fully saturated rings. The predicted octanol–water partition coefficient (Wildman–Crippen LogP) is 4.96. The largest absolute Gasteiger partial charge is 0.492 e. The number of benzene rings is 3. The van der Waals surface area contributed by atoms with E-state index in [-0.39, 0.29) is 29.1 Å². The Morgan fingerprint density at radius 1 is 0.902 bits per heavy atom. The number of carbonyl (C=O) groups excluding carboxylic acids is 2. The van der Waals surface area contributed by atoms with Crippen molar-refractivity contribution in [2.24, 2.45) is 0 Å². The van der Waals surface area contributed by atoms with Crippen molar-refractivity contribution in [1.29, 1.82) is 0 Å². The van der Waals surface area contributed by atoms with Gasteiger partial charge in [-0.25, -0.2) is 8.42 Å². The van der Waals surface area contributed by atoms with Crippen LogP contribution in [0, 0.1) is 6.92 Å². The highest BCUT2D eigenvalue weighted by atomic mass is 32.2. The maximum absolute atomic E-state index is 14.0. The lowest BCUT2D eigenvalue weighted by Crippen LogP contribution is -2.53. The van der Waals surface area contributed by atoms with Crippen LogP contribution in [0.25, 0.3) is 0 Å². The fourth-order valence-electron chi connectivity index (χ4n) is 4.33. The Hall–Kier alpha value is -3.85. The first-order chi connectivity index (χ1) is 19.6. The van der Waals surface area contributed by atoms with Crippen LogP contribution in [0.1, 0.15) is 45.2 Å². The molecule has 0 spiro atoms. The van der Waals surface area contributed by atoms with E-state index >= 15 is 0 Å². The second-order valence-electron chi connectivity index (χ2n) is 10.0. The van der Waals surface area contributed by atoms with E-state index in [1.165, 1.54) is 17.0 Å². The van der Waals surface area contributed by atoms with Gasteiger partial charge >= 0.3 is 0 Å².